The molecule has 82 valence electrons. The van der Waals surface area contributed by atoms with Crippen LogP contribution in [0.4, 0.5) is 0 Å². The molecule has 0 saturated heterocycles. The molecular weight excluding hydrogens is 178 g/mol. The van der Waals surface area contributed by atoms with Gasteiger partial charge in [0.2, 0.25) is 0 Å². The molecule has 3 nitrogen and oxygen atoms in total. The van der Waals surface area contributed by atoms with E-state index in [-0.39, 0.29) is 12.1 Å². The first-order chi connectivity index (χ1) is 6.56. The highest BCUT2D eigenvalue weighted by atomic mass is 16.5. The quantitative estimate of drug-likeness (QED) is 0.702. The molecule has 14 heavy (non-hydrogen) atoms. The maximum atomic E-state index is 11.7. The Bertz CT molecular complexity index is 195. The summed E-state index contributed by atoms with van der Waals surface area (Å²) in [7, 11) is 0. The molecule has 1 saturated carbocycles. The maximum absolute atomic E-state index is 11.7. The van der Waals surface area contributed by atoms with Gasteiger partial charge in [0, 0.05) is 0 Å². The summed E-state index contributed by atoms with van der Waals surface area (Å²) >= 11 is 0. The number of carbonyl (C=O) groups is 1. The zero-order chi connectivity index (χ0) is 10.6. The second-order valence-corrected chi connectivity index (χ2v) is 4.47. The number of esters is 1. The van der Waals surface area contributed by atoms with Crippen LogP contribution in [0.3, 0.4) is 0 Å². The third-order valence-electron chi connectivity index (χ3n) is 2.70. The molecule has 0 bridgehead atoms. The highest BCUT2D eigenvalue weighted by molar-refractivity contribution is 5.79. The summed E-state index contributed by atoms with van der Waals surface area (Å²) in [5.74, 6) is -0.119. The van der Waals surface area contributed by atoms with Gasteiger partial charge in [-0.25, -0.2) is 0 Å². The van der Waals surface area contributed by atoms with Crippen molar-refractivity contribution in [3.63, 3.8) is 0 Å². The first-order valence-electron chi connectivity index (χ1n) is 5.52. The van der Waals surface area contributed by atoms with Gasteiger partial charge in [0.05, 0.1) is 0 Å². The van der Waals surface area contributed by atoms with Crippen molar-refractivity contribution < 1.29 is 9.53 Å². The minimum Gasteiger partial charge on any atom is -0.461 e. The lowest BCUT2D eigenvalue weighted by molar-refractivity contribution is -0.155. The first-order valence-corrected chi connectivity index (χ1v) is 5.52. The highest BCUT2D eigenvalue weighted by Gasteiger charge is 2.31. The van der Waals surface area contributed by atoms with Crippen LogP contribution in [-0.2, 0) is 9.53 Å². The van der Waals surface area contributed by atoms with E-state index in [4.69, 9.17) is 4.74 Å². The zero-order valence-corrected chi connectivity index (χ0v) is 9.43. The Morgan fingerprint density at radius 1 is 1.43 bits per heavy atom. The molecule has 0 unspecified atom stereocenters. The molecule has 1 rings (SSSR count). The van der Waals surface area contributed by atoms with Crippen molar-refractivity contribution in [2.45, 2.75) is 58.1 Å². The molecule has 1 fully saturated rings. The fraction of sp³-hybridized carbons (Fsp3) is 0.909. The van der Waals surface area contributed by atoms with E-state index in [1.54, 1.807) is 0 Å². The summed E-state index contributed by atoms with van der Waals surface area (Å²) < 4.78 is 5.43. The Morgan fingerprint density at radius 2 is 2.00 bits per heavy atom. The van der Waals surface area contributed by atoms with Crippen LogP contribution in [0.25, 0.3) is 0 Å². The molecule has 0 heterocycles. The summed E-state index contributed by atoms with van der Waals surface area (Å²) in [5, 5.41) is 3.12. The maximum Gasteiger partial charge on any atom is 0.326 e. The molecule has 3 heteroatoms. The Hall–Kier alpha value is -0.570. The zero-order valence-electron chi connectivity index (χ0n) is 9.43. The SMILES string of the molecule is CCNC(C)(C)C(=O)OC1CCCC1. The Morgan fingerprint density at radius 3 is 2.50 bits per heavy atom. The number of hydrogen-bond acceptors (Lipinski definition) is 3. The van der Waals surface area contributed by atoms with Crippen LogP contribution in [0.5, 0.6) is 0 Å². The Labute approximate surface area is 86.2 Å². The lowest BCUT2D eigenvalue weighted by atomic mass is 10.1. The van der Waals surface area contributed by atoms with Gasteiger partial charge in [-0.2, -0.15) is 0 Å². The molecule has 1 aliphatic carbocycles. The van der Waals surface area contributed by atoms with Crippen molar-refractivity contribution in [3.8, 4) is 0 Å². The summed E-state index contributed by atoms with van der Waals surface area (Å²) in [4.78, 5) is 11.7. The van der Waals surface area contributed by atoms with Gasteiger partial charge in [-0.3, -0.25) is 4.79 Å². The van der Waals surface area contributed by atoms with E-state index >= 15 is 0 Å². The van der Waals surface area contributed by atoms with E-state index in [0.717, 1.165) is 19.4 Å². The van der Waals surface area contributed by atoms with Gasteiger partial charge in [-0.05, 0) is 46.1 Å². The van der Waals surface area contributed by atoms with Gasteiger partial charge in [0.1, 0.15) is 11.6 Å². The van der Waals surface area contributed by atoms with Crippen LogP contribution >= 0.6 is 0 Å². The van der Waals surface area contributed by atoms with Gasteiger partial charge in [-0.15, -0.1) is 0 Å². The lowest BCUT2D eigenvalue weighted by Crippen LogP contribution is -2.48. The second kappa shape index (κ2) is 4.78. The van der Waals surface area contributed by atoms with E-state index in [9.17, 15) is 4.79 Å². The van der Waals surface area contributed by atoms with Crippen LogP contribution in [0.2, 0.25) is 0 Å². The smallest absolute Gasteiger partial charge is 0.326 e. The molecule has 1 aliphatic rings. The second-order valence-electron chi connectivity index (χ2n) is 4.47. The number of ether oxygens (including phenoxy) is 1. The van der Waals surface area contributed by atoms with Crippen LogP contribution in [0.1, 0.15) is 46.5 Å². The Balaban J connectivity index is 2.39. The van der Waals surface area contributed by atoms with Gasteiger partial charge in [-0.1, -0.05) is 6.92 Å². The normalized spacial score (nSPS) is 18.5. The van der Waals surface area contributed by atoms with Crippen molar-refractivity contribution in [2.75, 3.05) is 6.54 Å². The first kappa shape index (κ1) is 11.5. The molecule has 0 aromatic heterocycles. The molecule has 0 aromatic carbocycles. The van der Waals surface area contributed by atoms with E-state index in [2.05, 4.69) is 5.32 Å². The number of rotatable bonds is 4. The Kier molecular flexibility index (Phi) is 3.93. The number of nitrogens with one attached hydrogen (secondary N) is 1. The number of hydrogen-bond donors (Lipinski definition) is 1. The number of likely N-dealkylation sites (N-methyl/N-ethyl adjacent to an activating group) is 1. The van der Waals surface area contributed by atoms with Crippen LogP contribution in [0, 0.1) is 0 Å². The average Bonchev–Trinajstić information content (AvgIpc) is 2.56. The van der Waals surface area contributed by atoms with Crippen LogP contribution in [0.15, 0.2) is 0 Å². The summed E-state index contributed by atoms with van der Waals surface area (Å²) in [6, 6.07) is 0. The van der Waals surface area contributed by atoms with Gasteiger partial charge in [0.25, 0.3) is 0 Å². The third kappa shape index (κ3) is 2.98. The largest absolute Gasteiger partial charge is 0.461 e. The predicted octanol–water partition coefficient (Wildman–Crippen LogP) is 1.86. The summed E-state index contributed by atoms with van der Waals surface area (Å²) in [6.07, 6.45) is 4.63. The highest BCUT2D eigenvalue weighted by Crippen LogP contribution is 2.22. The predicted molar refractivity (Wildman–Crippen MR) is 56.1 cm³/mol. The molecular formula is C11H21NO2. The lowest BCUT2D eigenvalue weighted by Gasteiger charge is -2.25. The summed E-state index contributed by atoms with van der Waals surface area (Å²) in [6.45, 7) is 6.51. The monoisotopic (exact) mass is 199 g/mol. The molecule has 0 aliphatic heterocycles. The molecule has 0 amide bonds. The fourth-order valence-corrected chi connectivity index (χ4v) is 1.82. The van der Waals surface area contributed by atoms with Crippen molar-refractivity contribution in [2.24, 2.45) is 0 Å². The minimum absolute atomic E-state index is 0.119. The van der Waals surface area contributed by atoms with E-state index in [0.29, 0.717) is 0 Å². The third-order valence-corrected chi connectivity index (χ3v) is 2.70. The fourth-order valence-electron chi connectivity index (χ4n) is 1.82. The minimum atomic E-state index is -0.544. The van der Waals surface area contributed by atoms with E-state index < -0.39 is 5.54 Å². The van der Waals surface area contributed by atoms with Crippen molar-refractivity contribution in [1.29, 1.82) is 0 Å². The molecule has 1 N–H and O–H groups in total. The summed E-state index contributed by atoms with van der Waals surface area (Å²) in [5.41, 5.74) is -0.544. The van der Waals surface area contributed by atoms with Gasteiger partial charge in [0.15, 0.2) is 0 Å². The van der Waals surface area contributed by atoms with Gasteiger partial charge >= 0.3 is 5.97 Å². The van der Waals surface area contributed by atoms with Crippen molar-refractivity contribution >= 4 is 5.97 Å². The van der Waals surface area contributed by atoms with Gasteiger partial charge < -0.3 is 10.1 Å². The molecule has 0 atom stereocenters. The average molecular weight is 199 g/mol. The van der Waals surface area contributed by atoms with Crippen LogP contribution in [-0.4, -0.2) is 24.2 Å². The van der Waals surface area contributed by atoms with Crippen LogP contribution < -0.4 is 5.32 Å². The van der Waals surface area contributed by atoms with Crippen molar-refractivity contribution in [1.82, 2.24) is 5.32 Å². The molecule has 0 spiro atoms. The number of carbonyl (C=O) groups excluding carboxylic acids is 1. The topological polar surface area (TPSA) is 38.3 Å². The van der Waals surface area contributed by atoms with Crippen molar-refractivity contribution in [3.05, 3.63) is 0 Å². The molecule has 0 aromatic rings. The van der Waals surface area contributed by atoms with E-state index in [1.165, 1.54) is 12.8 Å². The standard InChI is InChI=1S/C11H21NO2/c1-4-12-11(2,3)10(13)14-9-7-5-6-8-9/h9,12H,4-8H2,1-3H3. The van der Waals surface area contributed by atoms with E-state index in [1.807, 2.05) is 20.8 Å². The molecule has 0 radical (unpaired) electrons.